The van der Waals surface area contributed by atoms with Crippen molar-refractivity contribution in [1.82, 2.24) is 20.3 Å². The van der Waals surface area contributed by atoms with Crippen LogP contribution >= 0.6 is 0 Å². The van der Waals surface area contributed by atoms with Gasteiger partial charge in [0.2, 0.25) is 0 Å². The van der Waals surface area contributed by atoms with E-state index in [1.165, 1.54) is 18.5 Å². The Morgan fingerprint density at radius 3 is 2.79 bits per heavy atom. The summed E-state index contributed by atoms with van der Waals surface area (Å²) in [6.45, 7) is 4.59. The Balaban J connectivity index is 2.07. The number of nitrogens with one attached hydrogen (secondary N) is 1. The topological polar surface area (TPSA) is 42.7 Å². The van der Waals surface area contributed by atoms with Crippen LogP contribution in [0.3, 0.4) is 0 Å². The van der Waals surface area contributed by atoms with E-state index >= 15 is 0 Å². The number of hydrogen-bond acceptors (Lipinski definition) is 3. The molecule has 78 valence electrons. The minimum absolute atomic E-state index is 0.581. The second kappa shape index (κ2) is 4.09. The van der Waals surface area contributed by atoms with Gasteiger partial charge in [-0.2, -0.15) is 0 Å². The summed E-state index contributed by atoms with van der Waals surface area (Å²) >= 11 is 0. The molecule has 1 aliphatic rings. The zero-order valence-electron chi connectivity index (χ0n) is 8.90. The monoisotopic (exact) mass is 194 g/mol. The summed E-state index contributed by atoms with van der Waals surface area (Å²) in [5.41, 5.74) is 1.26. The minimum atomic E-state index is 0.581. The van der Waals surface area contributed by atoms with Gasteiger partial charge in [-0.05, 0) is 31.8 Å². The van der Waals surface area contributed by atoms with Crippen molar-refractivity contribution in [2.24, 2.45) is 13.0 Å². The predicted molar refractivity (Wildman–Crippen MR) is 55.0 cm³/mol. The summed E-state index contributed by atoms with van der Waals surface area (Å²) < 4.78 is 1.90. The average molecular weight is 194 g/mol. The van der Waals surface area contributed by atoms with Crippen molar-refractivity contribution >= 4 is 0 Å². The molecule has 0 aromatic carbocycles. The lowest BCUT2D eigenvalue weighted by Gasteiger charge is -2.27. The fraction of sp³-hybridized carbons (Fsp3) is 0.800. The lowest BCUT2D eigenvalue weighted by Crippen LogP contribution is -2.30. The second-order valence-electron chi connectivity index (χ2n) is 4.16. The molecule has 0 saturated carbocycles. The highest BCUT2D eigenvalue weighted by Gasteiger charge is 2.23. The van der Waals surface area contributed by atoms with Gasteiger partial charge in [-0.25, -0.2) is 0 Å². The summed E-state index contributed by atoms with van der Waals surface area (Å²) in [6, 6.07) is 0. The highest BCUT2D eigenvalue weighted by molar-refractivity contribution is 5.04. The fourth-order valence-electron chi connectivity index (χ4n) is 2.30. The standard InChI is InChI=1S/C10H18N4/c1-8(9-3-5-11-6-4-9)10-7-12-13-14(10)2/h7-9,11H,3-6H2,1-2H3. The van der Waals surface area contributed by atoms with E-state index in [-0.39, 0.29) is 0 Å². The molecule has 1 fully saturated rings. The number of nitrogens with zero attached hydrogens (tertiary/aromatic N) is 3. The van der Waals surface area contributed by atoms with Crippen molar-refractivity contribution in [2.75, 3.05) is 13.1 Å². The van der Waals surface area contributed by atoms with Crippen LogP contribution < -0.4 is 5.32 Å². The summed E-state index contributed by atoms with van der Waals surface area (Å²) in [6.07, 6.45) is 4.44. The molecular formula is C10H18N4. The van der Waals surface area contributed by atoms with Crippen LogP contribution in [0.15, 0.2) is 6.20 Å². The number of piperidine rings is 1. The third-order valence-corrected chi connectivity index (χ3v) is 3.31. The Morgan fingerprint density at radius 1 is 1.50 bits per heavy atom. The number of aryl methyl sites for hydroxylation is 1. The molecule has 4 nitrogen and oxygen atoms in total. The maximum Gasteiger partial charge on any atom is 0.0727 e. The van der Waals surface area contributed by atoms with Crippen LogP contribution in [0.2, 0.25) is 0 Å². The SMILES string of the molecule is CC(c1cnnn1C)C1CCNCC1. The van der Waals surface area contributed by atoms with Crippen molar-refractivity contribution in [3.63, 3.8) is 0 Å². The van der Waals surface area contributed by atoms with Crippen molar-refractivity contribution in [1.29, 1.82) is 0 Å². The van der Waals surface area contributed by atoms with Crippen LogP contribution in [0, 0.1) is 5.92 Å². The van der Waals surface area contributed by atoms with Crippen LogP contribution in [0.1, 0.15) is 31.4 Å². The van der Waals surface area contributed by atoms with E-state index in [2.05, 4.69) is 22.6 Å². The zero-order valence-corrected chi connectivity index (χ0v) is 8.90. The van der Waals surface area contributed by atoms with E-state index < -0.39 is 0 Å². The molecule has 1 aromatic heterocycles. The number of hydrogen-bond donors (Lipinski definition) is 1. The van der Waals surface area contributed by atoms with Crippen LogP contribution in [-0.4, -0.2) is 28.1 Å². The Labute approximate surface area is 84.7 Å². The molecule has 0 spiro atoms. The number of aromatic nitrogens is 3. The van der Waals surface area contributed by atoms with E-state index in [4.69, 9.17) is 0 Å². The van der Waals surface area contributed by atoms with Gasteiger partial charge in [0.1, 0.15) is 0 Å². The van der Waals surface area contributed by atoms with E-state index in [1.54, 1.807) is 0 Å². The molecule has 4 heteroatoms. The Hall–Kier alpha value is -0.900. The van der Waals surface area contributed by atoms with Crippen molar-refractivity contribution in [3.05, 3.63) is 11.9 Å². The molecule has 1 saturated heterocycles. The first kappa shape index (κ1) is 9.65. The van der Waals surface area contributed by atoms with Gasteiger partial charge < -0.3 is 5.32 Å². The lowest BCUT2D eigenvalue weighted by atomic mass is 9.84. The highest BCUT2D eigenvalue weighted by Crippen LogP contribution is 2.29. The van der Waals surface area contributed by atoms with Gasteiger partial charge in [0.05, 0.1) is 11.9 Å². The van der Waals surface area contributed by atoms with Gasteiger partial charge >= 0.3 is 0 Å². The van der Waals surface area contributed by atoms with Gasteiger partial charge in [0.25, 0.3) is 0 Å². The van der Waals surface area contributed by atoms with E-state index in [0.717, 1.165) is 19.0 Å². The fourth-order valence-corrected chi connectivity index (χ4v) is 2.30. The summed E-state index contributed by atoms with van der Waals surface area (Å²) in [5, 5.41) is 11.3. The number of rotatable bonds is 2. The Kier molecular flexibility index (Phi) is 2.82. The quantitative estimate of drug-likeness (QED) is 0.761. The maximum absolute atomic E-state index is 3.98. The molecule has 2 rings (SSSR count). The largest absolute Gasteiger partial charge is 0.317 e. The van der Waals surface area contributed by atoms with E-state index in [1.807, 2.05) is 17.9 Å². The molecule has 1 aliphatic heterocycles. The smallest absolute Gasteiger partial charge is 0.0727 e. The van der Waals surface area contributed by atoms with Crippen LogP contribution in [0.4, 0.5) is 0 Å². The van der Waals surface area contributed by atoms with Crippen molar-refractivity contribution in [3.8, 4) is 0 Å². The summed E-state index contributed by atoms with van der Waals surface area (Å²) in [4.78, 5) is 0. The van der Waals surface area contributed by atoms with E-state index in [9.17, 15) is 0 Å². The molecule has 1 unspecified atom stereocenters. The van der Waals surface area contributed by atoms with Gasteiger partial charge in [-0.1, -0.05) is 12.1 Å². The molecule has 0 bridgehead atoms. The molecule has 0 aliphatic carbocycles. The highest BCUT2D eigenvalue weighted by atomic mass is 15.4. The Bertz CT molecular complexity index is 288. The lowest BCUT2D eigenvalue weighted by molar-refractivity contribution is 0.321. The van der Waals surface area contributed by atoms with Gasteiger partial charge in [-0.3, -0.25) is 4.68 Å². The third kappa shape index (κ3) is 1.80. The van der Waals surface area contributed by atoms with Crippen LogP contribution in [0.5, 0.6) is 0 Å². The van der Waals surface area contributed by atoms with E-state index in [0.29, 0.717) is 5.92 Å². The van der Waals surface area contributed by atoms with Gasteiger partial charge in [0.15, 0.2) is 0 Å². The molecule has 0 radical (unpaired) electrons. The first-order valence-electron chi connectivity index (χ1n) is 5.34. The maximum atomic E-state index is 3.98. The molecular weight excluding hydrogens is 176 g/mol. The molecule has 1 N–H and O–H groups in total. The zero-order chi connectivity index (χ0) is 9.97. The molecule has 1 atom stereocenters. The second-order valence-corrected chi connectivity index (χ2v) is 4.16. The van der Waals surface area contributed by atoms with Crippen LogP contribution in [-0.2, 0) is 7.05 Å². The Morgan fingerprint density at radius 2 is 2.21 bits per heavy atom. The summed E-state index contributed by atoms with van der Waals surface area (Å²) in [7, 11) is 1.97. The summed E-state index contributed by atoms with van der Waals surface area (Å²) in [5.74, 6) is 1.37. The van der Waals surface area contributed by atoms with Gasteiger partial charge in [0, 0.05) is 13.0 Å². The third-order valence-electron chi connectivity index (χ3n) is 3.31. The minimum Gasteiger partial charge on any atom is -0.317 e. The first-order chi connectivity index (χ1) is 6.79. The normalized spacial score (nSPS) is 21.0. The van der Waals surface area contributed by atoms with Crippen LogP contribution in [0.25, 0.3) is 0 Å². The molecule has 14 heavy (non-hydrogen) atoms. The van der Waals surface area contributed by atoms with Crippen molar-refractivity contribution in [2.45, 2.75) is 25.7 Å². The average Bonchev–Trinajstić information content (AvgIpc) is 2.65. The molecule has 0 amide bonds. The van der Waals surface area contributed by atoms with Crippen molar-refractivity contribution < 1.29 is 0 Å². The first-order valence-corrected chi connectivity index (χ1v) is 5.34. The molecule has 1 aromatic rings. The predicted octanol–water partition coefficient (Wildman–Crippen LogP) is 0.918. The molecule has 2 heterocycles. The van der Waals surface area contributed by atoms with Gasteiger partial charge in [-0.15, -0.1) is 5.10 Å².